The van der Waals surface area contributed by atoms with E-state index in [1.54, 1.807) is 0 Å². The Kier molecular flexibility index (Phi) is 4.04. The number of esters is 1. The van der Waals surface area contributed by atoms with Gasteiger partial charge in [0.2, 0.25) is 0 Å². The SMILES string of the molecule is CC(=O)Oc1ccc(C(O)(C(F)(F)F)C(F)(F)F)cc1. The number of halogens is 6. The van der Waals surface area contributed by atoms with Gasteiger partial charge in [-0.15, -0.1) is 0 Å². The van der Waals surface area contributed by atoms with Gasteiger partial charge in [0.05, 0.1) is 0 Å². The van der Waals surface area contributed by atoms with Crippen molar-refractivity contribution in [2.24, 2.45) is 0 Å². The molecule has 0 aromatic heterocycles. The van der Waals surface area contributed by atoms with E-state index in [4.69, 9.17) is 5.11 Å². The van der Waals surface area contributed by atoms with Gasteiger partial charge in [-0.3, -0.25) is 4.79 Å². The second-order valence-electron chi connectivity index (χ2n) is 3.82. The fraction of sp³-hybridized carbons (Fsp3) is 0.364. The van der Waals surface area contributed by atoms with Crippen LogP contribution < -0.4 is 4.74 Å². The van der Waals surface area contributed by atoms with Crippen LogP contribution in [-0.2, 0) is 10.4 Å². The third-order valence-electron chi connectivity index (χ3n) is 2.35. The molecule has 0 saturated heterocycles. The van der Waals surface area contributed by atoms with E-state index >= 15 is 0 Å². The molecule has 0 spiro atoms. The van der Waals surface area contributed by atoms with E-state index in [1.165, 1.54) is 0 Å². The standard InChI is InChI=1S/C11H8F6O3/c1-6(18)20-8-4-2-7(3-5-8)9(19,10(12,13)14)11(15,16)17/h2-5,19H,1H3. The van der Waals surface area contributed by atoms with Crippen molar-refractivity contribution in [1.82, 2.24) is 0 Å². The molecule has 0 aliphatic rings. The molecule has 0 heterocycles. The summed E-state index contributed by atoms with van der Waals surface area (Å²) in [6, 6.07) is 2.22. The molecule has 20 heavy (non-hydrogen) atoms. The summed E-state index contributed by atoms with van der Waals surface area (Å²) in [6.07, 6.45) is -11.9. The summed E-state index contributed by atoms with van der Waals surface area (Å²) < 4.78 is 79.7. The second-order valence-corrected chi connectivity index (χ2v) is 3.82. The maximum Gasteiger partial charge on any atom is 0.430 e. The molecule has 0 amide bonds. The predicted molar refractivity (Wildman–Crippen MR) is 53.8 cm³/mol. The van der Waals surface area contributed by atoms with E-state index in [1.807, 2.05) is 0 Å². The summed E-state index contributed by atoms with van der Waals surface area (Å²) in [5, 5.41) is 9.07. The Hall–Kier alpha value is -1.77. The van der Waals surface area contributed by atoms with Crippen LogP contribution in [0.5, 0.6) is 5.75 Å². The van der Waals surface area contributed by atoms with E-state index in [0.29, 0.717) is 12.1 Å². The Morgan fingerprint density at radius 3 is 1.70 bits per heavy atom. The van der Waals surface area contributed by atoms with Gasteiger partial charge in [0.25, 0.3) is 5.60 Å². The molecule has 1 aromatic carbocycles. The van der Waals surface area contributed by atoms with Crippen molar-refractivity contribution < 1.29 is 41.0 Å². The lowest BCUT2D eigenvalue weighted by Crippen LogP contribution is -2.53. The topological polar surface area (TPSA) is 46.5 Å². The van der Waals surface area contributed by atoms with Crippen LogP contribution in [0.25, 0.3) is 0 Å². The Bertz CT molecular complexity index is 474. The van der Waals surface area contributed by atoms with Gasteiger partial charge in [-0.2, -0.15) is 26.3 Å². The third-order valence-corrected chi connectivity index (χ3v) is 2.35. The van der Waals surface area contributed by atoms with Gasteiger partial charge in [-0.05, 0) is 12.1 Å². The summed E-state index contributed by atoms with van der Waals surface area (Å²) in [6.45, 7) is 1.01. The van der Waals surface area contributed by atoms with Gasteiger partial charge in [0, 0.05) is 12.5 Å². The Balaban J connectivity index is 3.27. The summed E-state index contributed by atoms with van der Waals surface area (Å²) in [7, 11) is 0. The molecule has 112 valence electrons. The number of rotatable bonds is 2. The van der Waals surface area contributed by atoms with Crippen LogP contribution in [0.4, 0.5) is 26.3 Å². The van der Waals surface area contributed by atoms with E-state index < -0.39 is 29.5 Å². The van der Waals surface area contributed by atoms with Crippen molar-refractivity contribution in [2.45, 2.75) is 24.9 Å². The minimum absolute atomic E-state index is 0.243. The summed E-state index contributed by atoms with van der Waals surface area (Å²) in [5.41, 5.74) is -6.41. The van der Waals surface area contributed by atoms with E-state index in [9.17, 15) is 31.1 Å². The van der Waals surface area contributed by atoms with Gasteiger partial charge < -0.3 is 9.84 Å². The first-order valence-electron chi connectivity index (χ1n) is 5.04. The van der Waals surface area contributed by atoms with Crippen molar-refractivity contribution in [3.63, 3.8) is 0 Å². The van der Waals surface area contributed by atoms with E-state index in [0.717, 1.165) is 19.1 Å². The zero-order chi connectivity index (χ0) is 15.8. The monoisotopic (exact) mass is 302 g/mol. The lowest BCUT2D eigenvalue weighted by atomic mass is 9.92. The highest BCUT2D eigenvalue weighted by atomic mass is 19.4. The van der Waals surface area contributed by atoms with E-state index in [2.05, 4.69) is 4.74 Å². The molecule has 9 heteroatoms. The summed E-state index contributed by atoms with van der Waals surface area (Å²) in [5.74, 6) is -1.03. The first-order valence-corrected chi connectivity index (χ1v) is 5.04. The summed E-state index contributed by atoms with van der Waals surface area (Å²) >= 11 is 0. The molecule has 1 aromatic rings. The molecule has 0 aliphatic carbocycles. The maximum atomic E-state index is 12.5. The van der Waals surface area contributed by atoms with Gasteiger partial charge >= 0.3 is 18.3 Å². The van der Waals surface area contributed by atoms with Crippen LogP contribution in [0.2, 0.25) is 0 Å². The number of hydrogen-bond donors (Lipinski definition) is 1. The smallest absolute Gasteiger partial charge is 0.427 e. The molecule has 0 saturated carbocycles. The molecule has 0 unspecified atom stereocenters. The molecule has 0 aliphatic heterocycles. The number of carbonyl (C=O) groups excluding carboxylic acids is 1. The second kappa shape index (κ2) is 4.97. The van der Waals surface area contributed by atoms with Crippen molar-refractivity contribution in [2.75, 3.05) is 0 Å². The zero-order valence-electron chi connectivity index (χ0n) is 9.84. The normalized spacial score (nSPS) is 13.2. The van der Waals surface area contributed by atoms with Crippen molar-refractivity contribution in [3.8, 4) is 5.75 Å². The van der Waals surface area contributed by atoms with Crippen LogP contribution >= 0.6 is 0 Å². The Morgan fingerprint density at radius 1 is 1.00 bits per heavy atom. The predicted octanol–water partition coefficient (Wildman–Crippen LogP) is 2.92. The molecule has 0 atom stereocenters. The van der Waals surface area contributed by atoms with Crippen LogP contribution in [0, 0.1) is 0 Å². The molecule has 1 rings (SSSR count). The third kappa shape index (κ3) is 2.87. The minimum atomic E-state index is -5.95. The average molecular weight is 302 g/mol. The van der Waals surface area contributed by atoms with Crippen molar-refractivity contribution in [3.05, 3.63) is 29.8 Å². The zero-order valence-corrected chi connectivity index (χ0v) is 9.84. The molecule has 3 nitrogen and oxygen atoms in total. The van der Waals surface area contributed by atoms with Crippen molar-refractivity contribution in [1.29, 1.82) is 0 Å². The van der Waals surface area contributed by atoms with Crippen LogP contribution in [-0.4, -0.2) is 23.4 Å². The first-order chi connectivity index (χ1) is 8.89. The van der Waals surface area contributed by atoms with E-state index in [-0.39, 0.29) is 5.75 Å². The lowest BCUT2D eigenvalue weighted by molar-refractivity contribution is -0.376. The van der Waals surface area contributed by atoms with Crippen LogP contribution in [0.3, 0.4) is 0 Å². The minimum Gasteiger partial charge on any atom is -0.427 e. The largest absolute Gasteiger partial charge is 0.430 e. The van der Waals surface area contributed by atoms with Gasteiger partial charge in [0.1, 0.15) is 5.75 Å². The number of aliphatic hydroxyl groups is 1. The molecule has 0 radical (unpaired) electrons. The van der Waals surface area contributed by atoms with Gasteiger partial charge in [-0.25, -0.2) is 0 Å². The first kappa shape index (κ1) is 16.3. The van der Waals surface area contributed by atoms with Gasteiger partial charge in [0.15, 0.2) is 0 Å². The molecule has 1 N–H and O–H groups in total. The fourth-order valence-electron chi connectivity index (χ4n) is 1.42. The van der Waals surface area contributed by atoms with Crippen molar-refractivity contribution >= 4 is 5.97 Å². The quantitative estimate of drug-likeness (QED) is 0.519. The number of hydrogen-bond acceptors (Lipinski definition) is 3. The van der Waals surface area contributed by atoms with Crippen LogP contribution in [0.15, 0.2) is 24.3 Å². The van der Waals surface area contributed by atoms with Gasteiger partial charge in [-0.1, -0.05) is 12.1 Å². The maximum absolute atomic E-state index is 12.5. The Labute approximate surface area is 108 Å². The fourth-order valence-corrected chi connectivity index (χ4v) is 1.42. The number of alkyl halides is 6. The highest BCUT2D eigenvalue weighted by Crippen LogP contribution is 2.50. The highest BCUT2D eigenvalue weighted by Gasteiger charge is 2.71. The van der Waals surface area contributed by atoms with Crippen LogP contribution in [0.1, 0.15) is 12.5 Å². The number of benzene rings is 1. The molecule has 0 bridgehead atoms. The number of carbonyl (C=O) groups is 1. The highest BCUT2D eigenvalue weighted by molar-refractivity contribution is 5.69. The molecular formula is C11H8F6O3. The summed E-state index contributed by atoms with van der Waals surface area (Å²) in [4.78, 5) is 10.6. The number of ether oxygens (including phenoxy) is 1. The molecule has 0 fully saturated rings. The molecular weight excluding hydrogens is 294 g/mol. The average Bonchev–Trinajstić information content (AvgIpc) is 2.25. The lowest BCUT2D eigenvalue weighted by Gasteiger charge is -2.32. The Morgan fingerprint density at radius 2 is 1.40 bits per heavy atom.